The van der Waals surface area contributed by atoms with Crippen LogP contribution in [0, 0.1) is 0 Å². The predicted octanol–water partition coefficient (Wildman–Crippen LogP) is 3.76. The van der Waals surface area contributed by atoms with E-state index in [1.807, 2.05) is 42.5 Å². The van der Waals surface area contributed by atoms with Crippen LogP contribution in [0.15, 0.2) is 46.9 Å². The number of oxazole rings is 1. The summed E-state index contributed by atoms with van der Waals surface area (Å²) in [5, 5.41) is 0. The van der Waals surface area contributed by atoms with E-state index in [-0.39, 0.29) is 0 Å². The molecule has 0 aliphatic rings. The number of aromatic nitrogens is 1. The van der Waals surface area contributed by atoms with E-state index in [0.717, 1.165) is 34.8 Å². The number of nitrogens with zero attached hydrogens (tertiary/aromatic N) is 1. The summed E-state index contributed by atoms with van der Waals surface area (Å²) in [5.41, 5.74) is 9.33. The second-order valence-electron chi connectivity index (χ2n) is 5.21. The first-order valence-corrected chi connectivity index (χ1v) is 6.94. The van der Waals surface area contributed by atoms with E-state index in [4.69, 9.17) is 14.9 Å². The molecule has 0 radical (unpaired) electrons. The second-order valence-corrected chi connectivity index (χ2v) is 5.21. The molecule has 4 nitrogen and oxygen atoms in total. The topological polar surface area (TPSA) is 61.3 Å². The minimum Gasteiger partial charge on any atom is -0.497 e. The van der Waals surface area contributed by atoms with Crippen LogP contribution in [-0.4, -0.2) is 12.1 Å². The Labute approximate surface area is 123 Å². The van der Waals surface area contributed by atoms with E-state index >= 15 is 0 Å². The van der Waals surface area contributed by atoms with Crippen molar-refractivity contribution in [1.82, 2.24) is 4.98 Å². The van der Waals surface area contributed by atoms with Crippen LogP contribution in [-0.2, 0) is 6.42 Å². The van der Waals surface area contributed by atoms with Gasteiger partial charge in [0.2, 0.25) is 0 Å². The van der Waals surface area contributed by atoms with Gasteiger partial charge in [-0.3, -0.25) is 0 Å². The molecule has 0 spiro atoms. The number of hydrogen-bond donors (Lipinski definition) is 1. The van der Waals surface area contributed by atoms with Crippen molar-refractivity contribution in [3.63, 3.8) is 0 Å². The van der Waals surface area contributed by atoms with E-state index < -0.39 is 0 Å². The highest BCUT2D eigenvalue weighted by molar-refractivity contribution is 5.74. The summed E-state index contributed by atoms with van der Waals surface area (Å²) in [6.07, 6.45) is 0.751. The highest BCUT2D eigenvalue weighted by atomic mass is 16.5. The molecule has 2 aromatic carbocycles. The van der Waals surface area contributed by atoms with Gasteiger partial charge in [-0.05, 0) is 35.7 Å². The maximum Gasteiger partial charge on any atom is 0.196 e. The number of benzene rings is 2. The molecule has 0 bridgehead atoms. The van der Waals surface area contributed by atoms with Crippen molar-refractivity contribution < 1.29 is 9.15 Å². The molecule has 1 aromatic heterocycles. The van der Waals surface area contributed by atoms with Gasteiger partial charge in [0.05, 0.1) is 7.11 Å². The second kappa shape index (κ2) is 5.48. The summed E-state index contributed by atoms with van der Waals surface area (Å²) in [5.74, 6) is 1.83. The Morgan fingerprint density at radius 1 is 1.19 bits per heavy atom. The lowest BCUT2D eigenvalue weighted by Crippen LogP contribution is -1.99. The van der Waals surface area contributed by atoms with Crippen LogP contribution in [0.1, 0.15) is 24.3 Å². The van der Waals surface area contributed by atoms with Crippen molar-refractivity contribution in [1.29, 1.82) is 0 Å². The van der Waals surface area contributed by atoms with Gasteiger partial charge in [0.25, 0.3) is 0 Å². The standard InChI is InChI=1S/C17H18N2O2/c1-11(12-3-5-13(18)6-4-12)9-17-19-15-8-7-14(20-2)10-16(15)21-17/h3-8,10-11H,9,18H2,1-2H3. The number of methoxy groups -OCH3 is 1. The lowest BCUT2D eigenvalue weighted by atomic mass is 9.98. The molecule has 3 rings (SSSR count). The molecular formula is C17H18N2O2. The van der Waals surface area contributed by atoms with Gasteiger partial charge >= 0.3 is 0 Å². The van der Waals surface area contributed by atoms with E-state index in [1.54, 1.807) is 7.11 Å². The molecular weight excluding hydrogens is 264 g/mol. The summed E-state index contributed by atoms with van der Waals surface area (Å²) in [6.45, 7) is 2.15. The lowest BCUT2D eigenvalue weighted by molar-refractivity contribution is 0.414. The molecule has 2 N–H and O–H groups in total. The summed E-state index contributed by atoms with van der Waals surface area (Å²) < 4.78 is 11.0. The quantitative estimate of drug-likeness (QED) is 0.740. The molecule has 0 saturated heterocycles. The number of anilines is 1. The van der Waals surface area contributed by atoms with Gasteiger partial charge in [0.15, 0.2) is 11.5 Å². The van der Waals surface area contributed by atoms with Crippen LogP contribution < -0.4 is 10.5 Å². The van der Waals surface area contributed by atoms with Crippen LogP contribution >= 0.6 is 0 Å². The van der Waals surface area contributed by atoms with E-state index in [1.165, 1.54) is 5.56 Å². The van der Waals surface area contributed by atoms with Crippen molar-refractivity contribution in [3.05, 3.63) is 53.9 Å². The number of nitrogen functional groups attached to an aromatic ring is 1. The Morgan fingerprint density at radius 2 is 1.95 bits per heavy atom. The molecule has 1 heterocycles. The molecule has 1 atom stereocenters. The number of rotatable bonds is 4. The fourth-order valence-electron chi connectivity index (χ4n) is 2.37. The first-order valence-electron chi connectivity index (χ1n) is 6.94. The first kappa shape index (κ1) is 13.5. The molecule has 1 unspecified atom stereocenters. The zero-order chi connectivity index (χ0) is 14.8. The van der Waals surface area contributed by atoms with Gasteiger partial charge in [-0.25, -0.2) is 4.98 Å². The Morgan fingerprint density at radius 3 is 2.67 bits per heavy atom. The molecule has 0 aliphatic carbocycles. The van der Waals surface area contributed by atoms with Crippen molar-refractivity contribution in [2.75, 3.05) is 12.8 Å². The van der Waals surface area contributed by atoms with E-state index in [2.05, 4.69) is 11.9 Å². The maximum absolute atomic E-state index is 5.81. The van der Waals surface area contributed by atoms with Crippen molar-refractivity contribution in [2.24, 2.45) is 0 Å². The molecule has 0 fully saturated rings. The predicted molar refractivity (Wildman–Crippen MR) is 83.5 cm³/mol. The molecule has 4 heteroatoms. The van der Waals surface area contributed by atoms with E-state index in [0.29, 0.717) is 5.92 Å². The fourth-order valence-corrected chi connectivity index (χ4v) is 2.37. The Bertz CT molecular complexity index is 747. The Kier molecular flexibility index (Phi) is 3.52. The number of hydrogen-bond acceptors (Lipinski definition) is 4. The van der Waals surface area contributed by atoms with Crippen molar-refractivity contribution in [3.8, 4) is 5.75 Å². The number of fused-ring (bicyclic) bond motifs is 1. The van der Waals surface area contributed by atoms with Gasteiger partial charge < -0.3 is 14.9 Å². The Hall–Kier alpha value is -2.49. The zero-order valence-corrected chi connectivity index (χ0v) is 12.2. The van der Waals surface area contributed by atoms with Crippen molar-refractivity contribution >= 4 is 16.8 Å². The van der Waals surface area contributed by atoms with Gasteiger partial charge in [0, 0.05) is 18.2 Å². The third-order valence-corrected chi connectivity index (χ3v) is 3.63. The van der Waals surface area contributed by atoms with Crippen LogP contribution in [0.4, 0.5) is 5.69 Å². The number of ether oxygens (including phenoxy) is 1. The maximum atomic E-state index is 5.81. The van der Waals surface area contributed by atoms with Crippen molar-refractivity contribution in [2.45, 2.75) is 19.3 Å². The fraction of sp³-hybridized carbons (Fsp3) is 0.235. The van der Waals surface area contributed by atoms with Crippen LogP contribution in [0.3, 0.4) is 0 Å². The highest BCUT2D eigenvalue weighted by Gasteiger charge is 2.12. The smallest absolute Gasteiger partial charge is 0.196 e. The third-order valence-electron chi connectivity index (χ3n) is 3.63. The first-order chi connectivity index (χ1) is 10.2. The van der Waals surface area contributed by atoms with Crippen LogP contribution in [0.5, 0.6) is 5.75 Å². The van der Waals surface area contributed by atoms with Gasteiger partial charge in [-0.15, -0.1) is 0 Å². The minimum absolute atomic E-state index is 0.320. The average Bonchev–Trinajstić information content (AvgIpc) is 2.88. The largest absolute Gasteiger partial charge is 0.497 e. The number of nitrogens with two attached hydrogens (primary N) is 1. The molecule has 0 aliphatic heterocycles. The SMILES string of the molecule is COc1ccc2nc(CC(C)c3ccc(N)cc3)oc2c1. The molecule has 3 aromatic rings. The lowest BCUT2D eigenvalue weighted by Gasteiger charge is -2.09. The summed E-state index contributed by atoms with van der Waals surface area (Å²) in [4.78, 5) is 4.52. The van der Waals surface area contributed by atoms with Gasteiger partial charge in [-0.2, -0.15) is 0 Å². The van der Waals surface area contributed by atoms with Gasteiger partial charge in [-0.1, -0.05) is 19.1 Å². The van der Waals surface area contributed by atoms with Crippen LogP contribution in [0.25, 0.3) is 11.1 Å². The zero-order valence-electron chi connectivity index (χ0n) is 12.2. The summed E-state index contributed by atoms with van der Waals surface area (Å²) >= 11 is 0. The molecule has 0 amide bonds. The molecule has 108 valence electrons. The molecule has 0 saturated carbocycles. The summed E-state index contributed by atoms with van der Waals surface area (Å²) in [7, 11) is 1.64. The minimum atomic E-state index is 0.320. The normalized spacial score (nSPS) is 12.5. The monoisotopic (exact) mass is 282 g/mol. The highest BCUT2D eigenvalue weighted by Crippen LogP contribution is 2.25. The Balaban J connectivity index is 1.82. The van der Waals surface area contributed by atoms with Crippen LogP contribution in [0.2, 0.25) is 0 Å². The third kappa shape index (κ3) is 2.84. The van der Waals surface area contributed by atoms with E-state index in [9.17, 15) is 0 Å². The molecule has 21 heavy (non-hydrogen) atoms. The summed E-state index contributed by atoms with van der Waals surface area (Å²) in [6, 6.07) is 13.6. The average molecular weight is 282 g/mol. The van der Waals surface area contributed by atoms with Gasteiger partial charge in [0.1, 0.15) is 11.3 Å².